The van der Waals surface area contributed by atoms with Crippen LogP contribution in [0.1, 0.15) is 26.0 Å². The third-order valence-corrected chi connectivity index (χ3v) is 2.99. The van der Waals surface area contributed by atoms with E-state index < -0.39 is 30.3 Å². The number of carbonyl (C=O) groups is 2. The molecule has 2 rings (SSSR count). The molecule has 6 nitrogen and oxygen atoms in total. The normalized spacial score (nSPS) is 23.3. The molecule has 1 aromatic rings. The fraction of sp³-hybridized carbons (Fsp3) is 0.438. The predicted octanol–water partition coefficient (Wildman–Crippen LogP) is 1.09. The molecule has 0 N–H and O–H groups in total. The number of ether oxygens (including phenoxy) is 3. The largest absolute Gasteiger partial charge is 0.463 e. The highest BCUT2D eigenvalue weighted by Crippen LogP contribution is 2.23. The Bertz CT molecular complexity index is 590. The van der Waals surface area contributed by atoms with Gasteiger partial charge in [0, 0.05) is 26.5 Å². The quantitative estimate of drug-likeness (QED) is 0.614. The molecule has 0 aliphatic carbocycles. The Kier molecular flexibility index (Phi) is 5.50. The van der Waals surface area contributed by atoms with Crippen LogP contribution >= 0.6 is 0 Å². The van der Waals surface area contributed by atoms with Crippen molar-refractivity contribution in [2.24, 2.45) is 0 Å². The molecule has 0 amide bonds. The molecule has 6 heteroatoms. The molecule has 0 unspecified atom stereocenters. The summed E-state index contributed by atoms with van der Waals surface area (Å²) in [6.07, 6.45) is 0.721. The lowest BCUT2D eigenvalue weighted by Gasteiger charge is -2.17. The number of hydrogen-bond donors (Lipinski definition) is 0. The van der Waals surface area contributed by atoms with Crippen molar-refractivity contribution < 1.29 is 23.8 Å². The molecule has 0 saturated carbocycles. The van der Waals surface area contributed by atoms with Crippen LogP contribution in [0, 0.1) is 11.8 Å². The van der Waals surface area contributed by atoms with E-state index in [-0.39, 0.29) is 6.61 Å². The van der Waals surface area contributed by atoms with Crippen molar-refractivity contribution in [1.29, 1.82) is 0 Å². The number of rotatable bonds is 3. The smallest absolute Gasteiger partial charge is 0.302 e. The van der Waals surface area contributed by atoms with Crippen LogP contribution < -0.4 is 0 Å². The number of nitrogens with zero attached hydrogens (tertiary/aromatic N) is 1. The van der Waals surface area contributed by atoms with Gasteiger partial charge in [0.25, 0.3) is 0 Å². The Morgan fingerprint density at radius 2 is 2.18 bits per heavy atom. The average Bonchev–Trinajstić information content (AvgIpc) is 2.85. The predicted molar refractivity (Wildman–Crippen MR) is 76.6 cm³/mol. The van der Waals surface area contributed by atoms with Gasteiger partial charge in [-0.3, -0.25) is 9.59 Å². The molecule has 3 atom stereocenters. The summed E-state index contributed by atoms with van der Waals surface area (Å²) in [6, 6.07) is 5.45. The standard InChI is InChI=1S/C16H17NO5/c1-11(18)20-10-16-15(21-12(2)19)9-14(22-16)7-6-13-5-3-4-8-17-13/h3-5,8,14-16H,9-10H2,1-2H3/t14-,15+,16-/m1/s1. The Morgan fingerprint density at radius 1 is 1.36 bits per heavy atom. The topological polar surface area (TPSA) is 74.7 Å². The summed E-state index contributed by atoms with van der Waals surface area (Å²) in [5.41, 5.74) is 0.638. The number of pyridine rings is 1. The van der Waals surface area contributed by atoms with Crippen LogP contribution in [0.2, 0.25) is 0 Å². The van der Waals surface area contributed by atoms with Crippen molar-refractivity contribution in [1.82, 2.24) is 4.98 Å². The van der Waals surface area contributed by atoms with Crippen molar-refractivity contribution in [3.63, 3.8) is 0 Å². The maximum atomic E-state index is 11.1. The highest BCUT2D eigenvalue weighted by Gasteiger charge is 2.37. The van der Waals surface area contributed by atoms with E-state index in [9.17, 15) is 9.59 Å². The first-order valence-electron chi connectivity index (χ1n) is 6.93. The van der Waals surface area contributed by atoms with Crippen LogP contribution in [-0.2, 0) is 23.8 Å². The minimum absolute atomic E-state index is 0.0368. The van der Waals surface area contributed by atoms with Gasteiger partial charge in [0.2, 0.25) is 0 Å². The zero-order chi connectivity index (χ0) is 15.9. The zero-order valence-corrected chi connectivity index (χ0v) is 12.4. The summed E-state index contributed by atoms with van der Waals surface area (Å²) in [6.45, 7) is 2.68. The van der Waals surface area contributed by atoms with E-state index in [0.717, 1.165) is 0 Å². The molecule has 1 saturated heterocycles. The maximum Gasteiger partial charge on any atom is 0.302 e. The average molecular weight is 303 g/mol. The van der Waals surface area contributed by atoms with Gasteiger partial charge in [0.1, 0.15) is 30.6 Å². The number of aromatic nitrogens is 1. The molecule has 0 radical (unpaired) electrons. The molecule has 2 heterocycles. The molecule has 1 aromatic heterocycles. The van der Waals surface area contributed by atoms with E-state index in [4.69, 9.17) is 14.2 Å². The maximum absolute atomic E-state index is 11.1. The van der Waals surface area contributed by atoms with Crippen molar-refractivity contribution in [3.8, 4) is 11.8 Å². The van der Waals surface area contributed by atoms with Crippen LogP contribution in [0.15, 0.2) is 24.4 Å². The SMILES string of the molecule is CC(=O)OC[C@H]1O[C@H](C#Cc2ccccn2)C[C@@H]1OC(C)=O. The summed E-state index contributed by atoms with van der Waals surface area (Å²) in [5, 5.41) is 0. The molecule has 22 heavy (non-hydrogen) atoms. The Labute approximate surface area is 128 Å². The third-order valence-electron chi connectivity index (χ3n) is 2.99. The van der Waals surface area contributed by atoms with Gasteiger partial charge in [-0.25, -0.2) is 4.98 Å². The molecular weight excluding hydrogens is 286 g/mol. The monoisotopic (exact) mass is 303 g/mol. The fourth-order valence-electron chi connectivity index (χ4n) is 2.08. The lowest BCUT2D eigenvalue weighted by molar-refractivity contribution is -0.154. The second-order valence-electron chi connectivity index (χ2n) is 4.83. The lowest BCUT2D eigenvalue weighted by atomic mass is 10.1. The number of hydrogen-bond acceptors (Lipinski definition) is 6. The molecule has 0 spiro atoms. The Balaban J connectivity index is 2.01. The molecule has 0 aromatic carbocycles. The third kappa shape index (κ3) is 4.86. The first-order chi connectivity index (χ1) is 10.5. The summed E-state index contributed by atoms with van der Waals surface area (Å²) in [4.78, 5) is 26.1. The summed E-state index contributed by atoms with van der Waals surface area (Å²) >= 11 is 0. The van der Waals surface area contributed by atoms with E-state index in [1.54, 1.807) is 12.3 Å². The van der Waals surface area contributed by atoms with Crippen LogP contribution in [-0.4, -0.2) is 41.8 Å². The summed E-state index contributed by atoms with van der Waals surface area (Å²) in [5.74, 6) is 5.05. The molecule has 1 aliphatic rings. The van der Waals surface area contributed by atoms with Crippen molar-refractivity contribution in [3.05, 3.63) is 30.1 Å². The minimum Gasteiger partial charge on any atom is -0.463 e. The van der Waals surface area contributed by atoms with Gasteiger partial charge in [0.05, 0.1) is 0 Å². The Morgan fingerprint density at radius 3 is 2.82 bits per heavy atom. The molecule has 1 fully saturated rings. The minimum atomic E-state index is -0.504. The second-order valence-corrected chi connectivity index (χ2v) is 4.83. The summed E-state index contributed by atoms with van der Waals surface area (Å²) in [7, 11) is 0. The van der Waals surface area contributed by atoms with Crippen LogP contribution in [0.4, 0.5) is 0 Å². The van der Waals surface area contributed by atoms with Gasteiger partial charge in [-0.15, -0.1) is 0 Å². The first-order valence-corrected chi connectivity index (χ1v) is 6.93. The van der Waals surface area contributed by atoms with Gasteiger partial charge in [-0.2, -0.15) is 0 Å². The van der Waals surface area contributed by atoms with E-state index in [2.05, 4.69) is 16.8 Å². The number of carbonyl (C=O) groups excluding carboxylic acids is 2. The lowest BCUT2D eigenvalue weighted by Crippen LogP contribution is -2.31. The summed E-state index contributed by atoms with van der Waals surface area (Å²) < 4.78 is 15.8. The van der Waals surface area contributed by atoms with Gasteiger partial charge < -0.3 is 14.2 Å². The van der Waals surface area contributed by atoms with Gasteiger partial charge in [0.15, 0.2) is 0 Å². The number of esters is 2. The van der Waals surface area contributed by atoms with Crippen molar-refractivity contribution in [2.75, 3.05) is 6.61 Å². The Hall–Kier alpha value is -2.39. The van der Waals surface area contributed by atoms with Crippen molar-refractivity contribution >= 4 is 11.9 Å². The van der Waals surface area contributed by atoms with E-state index in [1.165, 1.54) is 13.8 Å². The van der Waals surface area contributed by atoms with E-state index in [1.807, 2.05) is 12.1 Å². The highest BCUT2D eigenvalue weighted by atomic mass is 16.6. The van der Waals surface area contributed by atoms with Gasteiger partial charge >= 0.3 is 11.9 Å². The molecular formula is C16H17NO5. The molecule has 1 aliphatic heterocycles. The van der Waals surface area contributed by atoms with Crippen LogP contribution in [0.25, 0.3) is 0 Å². The fourth-order valence-corrected chi connectivity index (χ4v) is 2.08. The van der Waals surface area contributed by atoms with Crippen molar-refractivity contribution in [2.45, 2.75) is 38.6 Å². The highest BCUT2D eigenvalue weighted by molar-refractivity contribution is 5.66. The van der Waals surface area contributed by atoms with E-state index in [0.29, 0.717) is 12.1 Å². The second kappa shape index (κ2) is 7.57. The van der Waals surface area contributed by atoms with Crippen LogP contribution in [0.3, 0.4) is 0 Å². The molecule has 0 bridgehead atoms. The van der Waals surface area contributed by atoms with Gasteiger partial charge in [-0.05, 0) is 18.1 Å². The molecule has 116 valence electrons. The zero-order valence-electron chi connectivity index (χ0n) is 12.4. The first kappa shape index (κ1) is 16.0. The van der Waals surface area contributed by atoms with E-state index >= 15 is 0 Å². The van der Waals surface area contributed by atoms with Gasteiger partial charge in [-0.1, -0.05) is 12.0 Å². The van der Waals surface area contributed by atoms with Crippen LogP contribution in [0.5, 0.6) is 0 Å².